The molecule has 2 rings (SSSR count). The van der Waals surface area contributed by atoms with Gasteiger partial charge in [-0.2, -0.15) is 5.10 Å². The number of sulfonamides is 1. The number of hydrazone groups is 1. The van der Waals surface area contributed by atoms with Gasteiger partial charge in [0.15, 0.2) is 0 Å². The lowest BCUT2D eigenvalue weighted by Gasteiger charge is -2.05. The van der Waals surface area contributed by atoms with Gasteiger partial charge in [0.1, 0.15) is 4.90 Å². The van der Waals surface area contributed by atoms with Gasteiger partial charge in [0.2, 0.25) is 10.0 Å². The maximum atomic E-state index is 12.0. The second kappa shape index (κ2) is 7.10. The number of primary sulfonamides is 1. The maximum absolute atomic E-state index is 12.0. The topological polar surface area (TPSA) is 102 Å². The number of nitrogens with one attached hydrogen (secondary N) is 1. The molecule has 0 aliphatic rings. The molecule has 23 heavy (non-hydrogen) atoms. The van der Waals surface area contributed by atoms with Crippen LogP contribution in [0.3, 0.4) is 0 Å². The molecule has 0 unspecified atom stereocenters. The first-order chi connectivity index (χ1) is 10.8. The van der Waals surface area contributed by atoms with Crippen molar-refractivity contribution in [3.05, 3.63) is 63.6 Å². The Balaban J connectivity index is 2.15. The third-order valence-corrected chi connectivity index (χ3v) is 4.36. The largest absolute Gasteiger partial charge is 0.271 e. The summed E-state index contributed by atoms with van der Waals surface area (Å²) in [5, 5.41) is 9.28. The first-order valence-corrected chi connectivity index (χ1v) is 8.49. The van der Waals surface area contributed by atoms with E-state index in [1.165, 1.54) is 18.3 Å². The van der Waals surface area contributed by atoms with Crippen LogP contribution in [-0.2, 0) is 10.0 Å². The van der Waals surface area contributed by atoms with Crippen molar-refractivity contribution in [3.63, 3.8) is 0 Å². The average Bonchev–Trinajstić information content (AvgIpc) is 2.46. The number of amides is 1. The molecule has 6 nitrogen and oxygen atoms in total. The molecule has 0 radical (unpaired) electrons. The number of benzene rings is 2. The third-order valence-electron chi connectivity index (χ3n) is 2.73. The van der Waals surface area contributed by atoms with Gasteiger partial charge in [-0.1, -0.05) is 35.3 Å². The van der Waals surface area contributed by atoms with Gasteiger partial charge in [-0.15, -0.1) is 0 Å². The quantitative estimate of drug-likeness (QED) is 0.636. The second-order valence-corrected chi connectivity index (χ2v) is 6.82. The Kier molecular flexibility index (Phi) is 5.38. The predicted molar refractivity (Wildman–Crippen MR) is 89.3 cm³/mol. The maximum Gasteiger partial charge on any atom is 0.271 e. The first kappa shape index (κ1) is 17.4. The molecule has 1 amide bonds. The summed E-state index contributed by atoms with van der Waals surface area (Å²) in [6.45, 7) is 0. The van der Waals surface area contributed by atoms with E-state index in [2.05, 4.69) is 10.5 Å². The van der Waals surface area contributed by atoms with Crippen LogP contribution in [0.2, 0.25) is 10.0 Å². The van der Waals surface area contributed by atoms with Crippen LogP contribution in [0.5, 0.6) is 0 Å². The normalized spacial score (nSPS) is 11.6. The van der Waals surface area contributed by atoms with Crippen molar-refractivity contribution in [3.8, 4) is 0 Å². The molecule has 0 aromatic heterocycles. The zero-order valence-corrected chi connectivity index (χ0v) is 13.9. The van der Waals surface area contributed by atoms with E-state index < -0.39 is 15.9 Å². The summed E-state index contributed by atoms with van der Waals surface area (Å²) in [4.78, 5) is 11.6. The molecule has 0 saturated carbocycles. The lowest BCUT2D eigenvalue weighted by Crippen LogP contribution is -2.19. The molecule has 0 atom stereocenters. The predicted octanol–water partition coefficient (Wildman–Crippen LogP) is 2.40. The smallest absolute Gasteiger partial charge is 0.267 e. The molecule has 0 fully saturated rings. The molecule has 2 aromatic carbocycles. The number of hydrogen-bond acceptors (Lipinski definition) is 4. The fourth-order valence-corrected chi connectivity index (χ4v) is 2.95. The number of nitrogens with zero attached hydrogens (tertiary/aromatic N) is 1. The van der Waals surface area contributed by atoms with Gasteiger partial charge in [-0.3, -0.25) is 4.79 Å². The van der Waals surface area contributed by atoms with Crippen LogP contribution in [0.15, 0.2) is 52.5 Å². The van der Waals surface area contributed by atoms with Crippen LogP contribution in [0.25, 0.3) is 0 Å². The van der Waals surface area contributed by atoms with Gasteiger partial charge in [0.05, 0.1) is 11.2 Å². The van der Waals surface area contributed by atoms with Gasteiger partial charge in [0.25, 0.3) is 5.91 Å². The first-order valence-electron chi connectivity index (χ1n) is 6.19. The van der Waals surface area contributed by atoms with Gasteiger partial charge in [-0.05, 0) is 35.9 Å². The van der Waals surface area contributed by atoms with Gasteiger partial charge < -0.3 is 0 Å². The number of halogens is 2. The molecule has 120 valence electrons. The average molecular weight is 372 g/mol. The summed E-state index contributed by atoms with van der Waals surface area (Å²) < 4.78 is 22.8. The number of rotatable bonds is 4. The minimum atomic E-state index is -4.02. The number of hydrogen-bond donors (Lipinski definition) is 2. The highest BCUT2D eigenvalue weighted by Gasteiger charge is 2.16. The minimum Gasteiger partial charge on any atom is -0.267 e. The van der Waals surface area contributed by atoms with Crippen LogP contribution in [0.4, 0.5) is 0 Å². The number of carbonyl (C=O) groups excluding carboxylic acids is 1. The van der Waals surface area contributed by atoms with Crippen LogP contribution >= 0.6 is 23.2 Å². The van der Waals surface area contributed by atoms with Crippen LogP contribution in [0.1, 0.15) is 15.9 Å². The van der Waals surface area contributed by atoms with E-state index in [0.717, 1.165) is 6.07 Å². The molecule has 3 N–H and O–H groups in total. The van der Waals surface area contributed by atoms with Crippen molar-refractivity contribution in [1.82, 2.24) is 5.43 Å². The molecule has 0 saturated heterocycles. The van der Waals surface area contributed by atoms with Gasteiger partial charge in [-0.25, -0.2) is 19.0 Å². The Labute approximate surface area is 143 Å². The van der Waals surface area contributed by atoms with Crippen molar-refractivity contribution in [2.24, 2.45) is 10.2 Å². The molecular weight excluding hydrogens is 361 g/mol. The Hall–Kier alpha value is -1.93. The zero-order chi connectivity index (χ0) is 17.0. The number of carbonyl (C=O) groups is 1. The van der Waals surface area contributed by atoms with Gasteiger partial charge >= 0.3 is 0 Å². The highest BCUT2D eigenvalue weighted by molar-refractivity contribution is 7.89. The summed E-state index contributed by atoms with van der Waals surface area (Å²) in [6.07, 6.45) is 1.40. The van der Waals surface area contributed by atoms with Crippen molar-refractivity contribution in [1.29, 1.82) is 0 Å². The summed E-state index contributed by atoms with van der Waals surface area (Å²) in [5.74, 6) is -0.607. The Bertz CT molecular complexity index is 883. The van der Waals surface area contributed by atoms with E-state index in [4.69, 9.17) is 28.3 Å². The van der Waals surface area contributed by atoms with Gasteiger partial charge in [0, 0.05) is 10.6 Å². The van der Waals surface area contributed by atoms with Crippen molar-refractivity contribution < 1.29 is 13.2 Å². The molecule has 2 aromatic rings. The summed E-state index contributed by atoms with van der Waals surface area (Å²) in [7, 11) is -4.02. The Morgan fingerprint density at radius 1 is 1.17 bits per heavy atom. The van der Waals surface area contributed by atoms with Crippen LogP contribution in [0, 0.1) is 0 Å². The Morgan fingerprint density at radius 2 is 1.91 bits per heavy atom. The fourth-order valence-electron chi connectivity index (χ4n) is 1.68. The highest BCUT2D eigenvalue weighted by Crippen LogP contribution is 2.21. The molecule has 0 bridgehead atoms. The molecule has 0 aliphatic carbocycles. The van der Waals surface area contributed by atoms with E-state index in [-0.39, 0.29) is 15.5 Å². The van der Waals surface area contributed by atoms with Crippen molar-refractivity contribution >= 4 is 45.3 Å². The van der Waals surface area contributed by atoms with E-state index >= 15 is 0 Å². The van der Waals surface area contributed by atoms with Crippen molar-refractivity contribution in [2.75, 3.05) is 0 Å². The van der Waals surface area contributed by atoms with E-state index in [1.54, 1.807) is 24.3 Å². The second-order valence-electron chi connectivity index (χ2n) is 4.44. The third kappa shape index (κ3) is 4.77. The molecule has 9 heteroatoms. The molecule has 0 heterocycles. The fraction of sp³-hybridized carbons (Fsp3) is 0. The zero-order valence-electron chi connectivity index (χ0n) is 11.5. The molecule has 0 spiro atoms. The standard InChI is InChI=1S/C14H11Cl2N3O3S/c15-11-3-1-2-9(6-11)8-18-19-14(20)10-4-5-12(16)13(7-10)23(17,21)22/h1-8H,(H,19,20)(H2,17,21,22)/b18-8-. The lowest BCUT2D eigenvalue weighted by molar-refractivity contribution is 0.0955. The van der Waals surface area contributed by atoms with E-state index in [1.807, 2.05) is 0 Å². The SMILES string of the molecule is NS(=O)(=O)c1cc(C(=O)N/N=C\c2cccc(Cl)c2)ccc1Cl. The number of nitrogens with two attached hydrogens (primary N) is 1. The minimum absolute atomic E-state index is 0.0571. The highest BCUT2D eigenvalue weighted by atomic mass is 35.5. The Morgan fingerprint density at radius 3 is 2.57 bits per heavy atom. The monoisotopic (exact) mass is 371 g/mol. The van der Waals surface area contributed by atoms with E-state index in [0.29, 0.717) is 10.6 Å². The summed E-state index contributed by atoms with van der Waals surface area (Å²) in [6, 6.07) is 10.6. The van der Waals surface area contributed by atoms with Crippen molar-refractivity contribution in [2.45, 2.75) is 4.90 Å². The van der Waals surface area contributed by atoms with Crippen LogP contribution in [-0.4, -0.2) is 20.5 Å². The lowest BCUT2D eigenvalue weighted by atomic mass is 10.2. The van der Waals surface area contributed by atoms with Crippen LogP contribution < -0.4 is 10.6 Å². The molecule has 0 aliphatic heterocycles. The summed E-state index contributed by atoms with van der Waals surface area (Å²) >= 11 is 11.6. The molecular formula is C14H11Cl2N3O3S. The summed E-state index contributed by atoms with van der Waals surface area (Å²) in [5.41, 5.74) is 3.02. The van der Waals surface area contributed by atoms with E-state index in [9.17, 15) is 13.2 Å².